The first-order valence-electron chi connectivity index (χ1n) is 9.16. The van der Waals surface area contributed by atoms with Crippen molar-refractivity contribution in [1.29, 1.82) is 0 Å². The minimum Gasteiger partial charge on any atom is -0.468 e. The number of sulfonamides is 1. The minimum atomic E-state index is -3.65. The Labute approximate surface area is 174 Å². The second-order valence-electron chi connectivity index (χ2n) is 6.16. The predicted molar refractivity (Wildman–Crippen MR) is 111 cm³/mol. The number of hydrogen-bond donors (Lipinski definition) is 2. The molecule has 0 bridgehead atoms. The summed E-state index contributed by atoms with van der Waals surface area (Å²) >= 11 is 3.25. The van der Waals surface area contributed by atoms with Gasteiger partial charge < -0.3 is 9.73 Å². The first-order valence-corrected chi connectivity index (χ1v) is 11.4. The summed E-state index contributed by atoms with van der Waals surface area (Å²) in [7, 11) is -3.65. The fraction of sp³-hybridized carbons (Fsp3) is 0.421. The SMILES string of the molecule is CCN(CC)C(CNC(=O)CCNS(=O)(=O)c1cccc(Br)c1)c1ccco1. The first-order chi connectivity index (χ1) is 13.4. The Morgan fingerprint density at radius 2 is 1.96 bits per heavy atom. The van der Waals surface area contributed by atoms with Gasteiger partial charge in [-0.05, 0) is 43.4 Å². The average Bonchev–Trinajstić information content (AvgIpc) is 3.19. The van der Waals surface area contributed by atoms with Gasteiger partial charge >= 0.3 is 0 Å². The van der Waals surface area contributed by atoms with Gasteiger partial charge in [-0.1, -0.05) is 35.8 Å². The number of rotatable bonds is 11. The van der Waals surface area contributed by atoms with Crippen LogP contribution in [0.25, 0.3) is 0 Å². The van der Waals surface area contributed by atoms with Gasteiger partial charge in [0, 0.05) is 24.0 Å². The first kappa shape index (κ1) is 22.6. The summed E-state index contributed by atoms with van der Waals surface area (Å²) in [6.07, 6.45) is 1.67. The van der Waals surface area contributed by atoms with Gasteiger partial charge in [-0.2, -0.15) is 0 Å². The highest BCUT2D eigenvalue weighted by atomic mass is 79.9. The molecule has 2 N–H and O–H groups in total. The van der Waals surface area contributed by atoms with Crippen LogP contribution in [0.5, 0.6) is 0 Å². The zero-order valence-electron chi connectivity index (χ0n) is 16.0. The zero-order chi connectivity index (χ0) is 20.6. The molecule has 0 spiro atoms. The highest BCUT2D eigenvalue weighted by Gasteiger charge is 2.21. The molecular weight excluding hydrogens is 446 g/mol. The molecule has 7 nitrogen and oxygen atoms in total. The number of carbonyl (C=O) groups excluding carboxylic acids is 1. The van der Waals surface area contributed by atoms with Gasteiger partial charge in [0.05, 0.1) is 17.2 Å². The van der Waals surface area contributed by atoms with Gasteiger partial charge in [-0.25, -0.2) is 13.1 Å². The van der Waals surface area contributed by atoms with Crippen molar-refractivity contribution in [3.8, 4) is 0 Å². The normalized spacial score (nSPS) is 12.9. The molecule has 2 rings (SSSR count). The Bertz CT molecular complexity index is 852. The second-order valence-corrected chi connectivity index (χ2v) is 8.84. The molecule has 1 aromatic heterocycles. The zero-order valence-corrected chi connectivity index (χ0v) is 18.4. The van der Waals surface area contributed by atoms with Crippen LogP contribution < -0.4 is 10.0 Å². The van der Waals surface area contributed by atoms with Gasteiger partial charge in [0.1, 0.15) is 5.76 Å². The van der Waals surface area contributed by atoms with E-state index in [1.54, 1.807) is 18.4 Å². The van der Waals surface area contributed by atoms with Crippen LogP contribution in [0.3, 0.4) is 0 Å². The van der Waals surface area contributed by atoms with Gasteiger partial charge in [0.25, 0.3) is 0 Å². The monoisotopic (exact) mass is 471 g/mol. The maximum absolute atomic E-state index is 12.3. The van der Waals surface area contributed by atoms with Crippen LogP contribution in [0.15, 0.2) is 56.4 Å². The van der Waals surface area contributed by atoms with Crippen molar-refractivity contribution >= 4 is 31.9 Å². The van der Waals surface area contributed by atoms with Crippen LogP contribution in [-0.4, -0.2) is 45.4 Å². The number of benzene rings is 1. The molecule has 0 radical (unpaired) electrons. The Balaban J connectivity index is 1.86. The van der Waals surface area contributed by atoms with Crippen molar-refractivity contribution in [1.82, 2.24) is 14.9 Å². The van der Waals surface area contributed by atoms with Crippen molar-refractivity contribution < 1.29 is 17.6 Å². The van der Waals surface area contributed by atoms with Crippen molar-refractivity contribution in [2.75, 3.05) is 26.2 Å². The Morgan fingerprint density at radius 3 is 2.57 bits per heavy atom. The number of likely N-dealkylation sites (N-methyl/N-ethyl adjacent to an activating group) is 1. The van der Waals surface area contributed by atoms with Crippen LogP contribution in [0.4, 0.5) is 0 Å². The van der Waals surface area contributed by atoms with Crippen molar-refractivity contribution in [2.45, 2.75) is 31.2 Å². The summed E-state index contributed by atoms with van der Waals surface area (Å²) < 4.78 is 33.2. The molecule has 1 unspecified atom stereocenters. The standard InChI is InChI=1S/C19H26BrN3O4S/c1-3-23(4-2)17(18-9-6-12-27-18)14-21-19(24)10-11-22-28(25,26)16-8-5-7-15(20)13-16/h5-9,12-13,17,22H,3-4,10-11,14H2,1-2H3,(H,21,24). The molecule has 1 amide bonds. The van der Waals surface area contributed by atoms with E-state index in [0.29, 0.717) is 11.0 Å². The number of hydrogen-bond acceptors (Lipinski definition) is 5. The van der Waals surface area contributed by atoms with E-state index in [-0.39, 0.29) is 29.8 Å². The topological polar surface area (TPSA) is 91.7 Å². The quantitative estimate of drug-likeness (QED) is 0.525. The highest BCUT2D eigenvalue weighted by molar-refractivity contribution is 9.10. The lowest BCUT2D eigenvalue weighted by molar-refractivity contribution is -0.121. The van der Waals surface area contributed by atoms with E-state index in [9.17, 15) is 13.2 Å². The fourth-order valence-corrected chi connectivity index (χ4v) is 4.50. The van der Waals surface area contributed by atoms with Gasteiger partial charge in [0.15, 0.2) is 0 Å². The summed E-state index contributed by atoms with van der Waals surface area (Å²) in [6, 6.07) is 10.1. The number of nitrogens with one attached hydrogen (secondary N) is 2. The second kappa shape index (κ2) is 10.8. The van der Waals surface area contributed by atoms with E-state index >= 15 is 0 Å². The fourth-order valence-electron chi connectivity index (χ4n) is 2.87. The highest BCUT2D eigenvalue weighted by Crippen LogP contribution is 2.20. The lowest BCUT2D eigenvalue weighted by Gasteiger charge is -2.28. The number of halogens is 1. The predicted octanol–water partition coefficient (Wildman–Crippen LogP) is 2.91. The molecule has 0 saturated heterocycles. The minimum absolute atomic E-state index is 0.0252. The number of furan rings is 1. The van der Waals surface area contributed by atoms with Crippen LogP contribution in [0.2, 0.25) is 0 Å². The summed E-state index contributed by atoms with van der Waals surface area (Å²) in [5.74, 6) is 0.569. The molecule has 28 heavy (non-hydrogen) atoms. The number of carbonyl (C=O) groups is 1. The molecule has 1 aromatic carbocycles. The Kier molecular flexibility index (Phi) is 8.68. The summed E-state index contributed by atoms with van der Waals surface area (Å²) in [5.41, 5.74) is 0. The van der Waals surface area contributed by atoms with Crippen molar-refractivity contribution in [3.05, 3.63) is 52.9 Å². The lowest BCUT2D eigenvalue weighted by atomic mass is 10.2. The molecule has 154 valence electrons. The maximum Gasteiger partial charge on any atom is 0.240 e. The van der Waals surface area contributed by atoms with E-state index < -0.39 is 10.0 Å². The van der Waals surface area contributed by atoms with E-state index in [1.807, 2.05) is 12.1 Å². The molecule has 0 aliphatic heterocycles. The summed E-state index contributed by atoms with van der Waals surface area (Å²) in [4.78, 5) is 14.5. The number of nitrogens with zero attached hydrogens (tertiary/aromatic N) is 1. The molecular formula is C19H26BrN3O4S. The molecule has 2 aromatic rings. The van der Waals surface area contributed by atoms with Crippen molar-refractivity contribution in [2.24, 2.45) is 0 Å². The Morgan fingerprint density at radius 1 is 1.21 bits per heavy atom. The van der Waals surface area contributed by atoms with Crippen LogP contribution in [-0.2, 0) is 14.8 Å². The third-order valence-electron chi connectivity index (χ3n) is 4.37. The lowest BCUT2D eigenvalue weighted by Crippen LogP contribution is -2.38. The molecule has 0 saturated carbocycles. The van der Waals surface area contributed by atoms with E-state index in [0.717, 1.165) is 18.8 Å². The Hall–Kier alpha value is -1.68. The van der Waals surface area contributed by atoms with Crippen LogP contribution >= 0.6 is 15.9 Å². The third-order valence-corrected chi connectivity index (χ3v) is 6.32. The average molecular weight is 472 g/mol. The maximum atomic E-state index is 12.3. The molecule has 0 fully saturated rings. The largest absolute Gasteiger partial charge is 0.468 e. The number of amides is 1. The van der Waals surface area contributed by atoms with E-state index in [1.165, 1.54) is 12.1 Å². The van der Waals surface area contributed by atoms with Gasteiger partial charge in [-0.3, -0.25) is 9.69 Å². The van der Waals surface area contributed by atoms with Crippen LogP contribution in [0, 0.1) is 0 Å². The smallest absolute Gasteiger partial charge is 0.240 e. The van der Waals surface area contributed by atoms with Gasteiger partial charge in [0.2, 0.25) is 15.9 Å². The molecule has 0 aliphatic carbocycles. The summed E-state index contributed by atoms with van der Waals surface area (Å²) in [6.45, 7) is 6.17. The van der Waals surface area contributed by atoms with Crippen LogP contribution in [0.1, 0.15) is 32.1 Å². The van der Waals surface area contributed by atoms with E-state index in [2.05, 4.69) is 44.7 Å². The summed E-state index contributed by atoms with van der Waals surface area (Å²) in [5, 5.41) is 2.87. The third kappa shape index (κ3) is 6.44. The van der Waals surface area contributed by atoms with Gasteiger partial charge in [-0.15, -0.1) is 0 Å². The molecule has 0 aliphatic rings. The van der Waals surface area contributed by atoms with Crippen molar-refractivity contribution in [3.63, 3.8) is 0 Å². The molecule has 1 heterocycles. The van der Waals surface area contributed by atoms with E-state index in [4.69, 9.17) is 4.42 Å². The molecule has 1 atom stereocenters. The molecule has 9 heteroatoms.